The van der Waals surface area contributed by atoms with Crippen LogP contribution in [0, 0.1) is 11.3 Å². The van der Waals surface area contributed by atoms with E-state index >= 15 is 0 Å². The van der Waals surface area contributed by atoms with Crippen molar-refractivity contribution >= 4 is 17.4 Å². The quantitative estimate of drug-likeness (QED) is 0.713. The molecule has 166 valence electrons. The van der Waals surface area contributed by atoms with E-state index in [0.29, 0.717) is 12.1 Å². The van der Waals surface area contributed by atoms with Crippen molar-refractivity contribution in [2.45, 2.75) is 64.4 Å². The van der Waals surface area contributed by atoms with Crippen LogP contribution >= 0.6 is 0 Å². The number of nitrogens with zero attached hydrogens (tertiary/aromatic N) is 1. The highest BCUT2D eigenvalue weighted by molar-refractivity contribution is 6.00. The fraction of sp³-hybridized carbons (Fsp3) is 0.538. The third kappa shape index (κ3) is 4.28. The van der Waals surface area contributed by atoms with Crippen molar-refractivity contribution in [1.29, 1.82) is 0 Å². The van der Waals surface area contributed by atoms with Crippen molar-refractivity contribution in [1.82, 2.24) is 5.32 Å². The fourth-order valence-electron chi connectivity index (χ4n) is 5.31. The van der Waals surface area contributed by atoms with E-state index in [2.05, 4.69) is 25.7 Å². The van der Waals surface area contributed by atoms with Gasteiger partial charge in [-0.2, -0.15) is 0 Å². The lowest BCUT2D eigenvalue weighted by Crippen LogP contribution is -2.44. The number of allylic oxidation sites excluding steroid dienone is 2. The third-order valence-electron chi connectivity index (χ3n) is 6.86. The number of carbonyl (C=O) groups is 2. The van der Waals surface area contributed by atoms with Gasteiger partial charge in [-0.05, 0) is 55.2 Å². The molecule has 3 aliphatic rings. The van der Waals surface area contributed by atoms with E-state index in [1.165, 1.54) is 0 Å². The molecule has 0 spiro atoms. The highest BCUT2D eigenvalue weighted by atomic mass is 16.5. The third-order valence-corrected chi connectivity index (χ3v) is 6.86. The number of ether oxygens (including phenoxy) is 1. The highest BCUT2D eigenvalue weighted by Crippen LogP contribution is 2.48. The first-order chi connectivity index (χ1) is 14.7. The van der Waals surface area contributed by atoms with Gasteiger partial charge in [-0.15, -0.1) is 0 Å². The first-order valence-electron chi connectivity index (χ1n) is 11.4. The minimum atomic E-state index is -0.602. The van der Waals surface area contributed by atoms with Gasteiger partial charge < -0.3 is 15.0 Å². The maximum Gasteiger partial charge on any atom is 0.316 e. The van der Waals surface area contributed by atoms with Crippen LogP contribution in [0.5, 0.6) is 0 Å². The van der Waals surface area contributed by atoms with Gasteiger partial charge in [-0.25, -0.2) is 0 Å². The second-order valence-electron chi connectivity index (χ2n) is 10.3. The van der Waals surface area contributed by atoms with Gasteiger partial charge >= 0.3 is 5.97 Å². The van der Waals surface area contributed by atoms with Crippen molar-refractivity contribution in [3.63, 3.8) is 0 Å². The van der Waals surface area contributed by atoms with Crippen LogP contribution in [-0.4, -0.2) is 32.0 Å². The zero-order valence-electron chi connectivity index (χ0n) is 19.2. The Morgan fingerprint density at radius 2 is 1.77 bits per heavy atom. The van der Waals surface area contributed by atoms with E-state index in [0.717, 1.165) is 54.6 Å². The summed E-state index contributed by atoms with van der Waals surface area (Å²) in [7, 11) is 3.99. The summed E-state index contributed by atoms with van der Waals surface area (Å²) in [5.74, 6) is -1.12. The number of anilines is 1. The first kappa shape index (κ1) is 21.7. The normalized spacial score (nSPS) is 25.8. The lowest BCUT2D eigenvalue weighted by Gasteiger charge is -2.42. The summed E-state index contributed by atoms with van der Waals surface area (Å²) in [6, 6.07) is 8.14. The van der Waals surface area contributed by atoms with Gasteiger partial charge in [-0.1, -0.05) is 32.6 Å². The average molecular weight is 423 g/mol. The molecule has 1 aromatic carbocycles. The zero-order chi connectivity index (χ0) is 22.3. The number of Topliss-reactive ketones (excluding diaryl/α,β-unsaturated/α-hetero) is 1. The van der Waals surface area contributed by atoms with E-state index in [1.54, 1.807) is 0 Å². The van der Waals surface area contributed by atoms with Gasteiger partial charge in [0.2, 0.25) is 0 Å². The largest absolute Gasteiger partial charge is 0.462 e. The lowest BCUT2D eigenvalue weighted by atomic mass is 9.66. The number of hydrogen-bond donors (Lipinski definition) is 1. The molecule has 1 N–H and O–H groups in total. The van der Waals surface area contributed by atoms with Gasteiger partial charge in [-0.3, -0.25) is 9.59 Å². The molecule has 2 aliphatic carbocycles. The Hall–Kier alpha value is -2.56. The Morgan fingerprint density at radius 1 is 1.13 bits per heavy atom. The van der Waals surface area contributed by atoms with Gasteiger partial charge in [0, 0.05) is 49.1 Å². The topological polar surface area (TPSA) is 58.6 Å². The Balaban J connectivity index is 1.76. The molecule has 4 rings (SSSR count). The molecule has 1 aromatic rings. The smallest absolute Gasteiger partial charge is 0.316 e. The minimum absolute atomic E-state index is 0.0200. The minimum Gasteiger partial charge on any atom is -0.462 e. The second-order valence-corrected chi connectivity index (χ2v) is 10.3. The molecule has 1 aliphatic heterocycles. The van der Waals surface area contributed by atoms with Gasteiger partial charge in [0.05, 0.1) is 0 Å². The van der Waals surface area contributed by atoms with Crippen LogP contribution in [0.4, 0.5) is 5.69 Å². The monoisotopic (exact) mass is 422 g/mol. The summed E-state index contributed by atoms with van der Waals surface area (Å²) < 4.78 is 5.91. The number of ketones is 1. The zero-order valence-corrected chi connectivity index (χ0v) is 19.2. The van der Waals surface area contributed by atoms with Crippen molar-refractivity contribution in [3.05, 3.63) is 53.4 Å². The van der Waals surface area contributed by atoms with Crippen molar-refractivity contribution < 1.29 is 14.3 Å². The van der Waals surface area contributed by atoms with Crippen molar-refractivity contribution in [2.75, 3.05) is 19.0 Å². The Labute approximate surface area is 185 Å². The first-order valence-corrected chi connectivity index (χ1v) is 11.4. The summed E-state index contributed by atoms with van der Waals surface area (Å²) in [6.45, 7) is 8.43. The highest BCUT2D eigenvalue weighted by Gasteiger charge is 2.47. The number of carbonyl (C=O) groups excluding carboxylic acids is 2. The van der Waals surface area contributed by atoms with Crippen LogP contribution in [0.3, 0.4) is 0 Å². The van der Waals surface area contributed by atoms with Crippen molar-refractivity contribution in [2.24, 2.45) is 11.3 Å². The summed E-state index contributed by atoms with van der Waals surface area (Å²) in [6.07, 6.45) is 5.26. The Bertz CT molecular complexity index is 920. The maximum atomic E-state index is 13.4. The van der Waals surface area contributed by atoms with Gasteiger partial charge in [0.25, 0.3) is 0 Å². The number of benzene rings is 1. The van der Waals surface area contributed by atoms with Crippen LogP contribution in [0.15, 0.2) is 47.8 Å². The van der Waals surface area contributed by atoms with E-state index < -0.39 is 5.92 Å². The van der Waals surface area contributed by atoms with E-state index in [-0.39, 0.29) is 29.2 Å². The summed E-state index contributed by atoms with van der Waals surface area (Å²) >= 11 is 0. The van der Waals surface area contributed by atoms with Crippen LogP contribution < -0.4 is 10.2 Å². The van der Waals surface area contributed by atoms with Crippen LogP contribution in [0.2, 0.25) is 0 Å². The number of nitrogens with one attached hydrogen (secondary N) is 1. The maximum absolute atomic E-state index is 13.4. The molecular formula is C26H34N2O3. The van der Waals surface area contributed by atoms with Crippen LogP contribution in [0.25, 0.3) is 0 Å². The van der Waals surface area contributed by atoms with Crippen LogP contribution in [-0.2, 0) is 14.3 Å². The molecule has 5 nitrogen and oxygen atoms in total. The molecule has 1 heterocycles. The van der Waals surface area contributed by atoms with Crippen molar-refractivity contribution in [3.8, 4) is 0 Å². The molecule has 1 fully saturated rings. The molecule has 0 amide bonds. The predicted octanol–water partition coefficient (Wildman–Crippen LogP) is 4.70. The van der Waals surface area contributed by atoms with Gasteiger partial charge in [0.1, 0.15) is 12.0 Å². The Kier molecular flexibility index (Phi) is 5.71. The summed E-state index contributed by atoms with van der Waals surface area (Å²) in [5, 5.41) is 3.34. The van der Waals surface area contributed by atoms with E-state index in [1.807, 2.05) is 43.3 Å². The number of hydrogen-bond acceptors (Lipinski definition) is 5. The molecule has 0 bridgehead atoms. The lowest BCUT2D eigenvalue weighted by molar-refractivity contribution is -0.153. The van der Waals surface area contributed by atoms with Gasteiger partial charge in [0.15, 0.2) is 5.78 Å². The Morgan fingerprint density at radius 3 is 2.39 bits per heavy atom. The molecule has 2 atom stereocenters. The number of rotatable bonds is 4. The molecule has 31 heavy (non-hydrogen) atoms. The average Bonchev–Trinajstić information content (AvgIpc) is 3.18. The SMILES string of the molecule is C=C1NC2=C(C(=O)CC(C)(C)C2)C(c2ccc(N(C)C)cc2)C1C(=O)OC1CCCC1. The predicted molar refractivity (Wildman–Crippen MR) is 123 cm³/mol. The molecule has 0 saturated heterocycles. The van der Waals surface area contributed by atoms with E-state index in [9.17, 15) is 9.59 Å². The molecule has 2 unspecified atom stereocenters. The fourth-order valence-corrected chi connectivity index (χ4v) is 5.31. The summed E-state index contributed by atoms with van der Waals surface area (Å²) in [5.41, 5.74) is 4.21. The standard InChI is InChI=1S/C26H34N2O3/c1-16-22(25(30)31-19-8-6-7-9-19)23(17-10-12-18(13-11-17)28(4)5)24-20(27-16)14-26(2,3)15-21(24)29/h10-13,19,22-23,27H,1,6-9,14-15H2,2-5H3. The second kappa shape index (κ2) is 8.18. The molecule has 5 heteroatoms. The summed E-state index contributed by atoms with van der Waals surface area (Å²) in [4.78, 5) is 28.7. The molecule has 1 saturated carbocycles. The van der Waals surface area contributed by atoms with E-state index in [4.69, 9.17) is 4.74 Å². The molecule has 0 aromatic heterocycles. The molecule has 0 radical (unpaired) electrons. The van der Waals surface area contributed by atoms with Crippen LogP contribution in [0.1, 0.15) is 63.9 Å². The molecular weight excluding hydrogens is 388 g/mol. The number of esters is 1.